The van der Waals surface area contributed by atoms with Gasteiger partial charge in [0.05, 0.1) is 4.90 Å². The van der Waals surface area contributed by atoms with E-state index in [4.69, 9.17) is 5.14 Å². The minimum atomic E-state index is -3.69. The second kappa shape index (κ2) is 4.07. The maximum atomic E-state index is 11.9. The molecule has 2 rings (SSSR count). The van der Waals surface area contributed by atoms with Crippen molar-refractivity contribution in [2.45, 2.75) is 25.2 Å². The van der Waals surface area contributed by atoms with Crippen LogP contribution in [0.5, 0.6) is 0 Å². The van der Waals surface area contributed by atoms with Crippen molar-refractivity contribution in [3.63, 3.8) is 0 Å². The third-order valence-corrected chi connectivity index (χ3v) is 4.55. The molecule has 0 bridgehead atoms. The number of hydrogen-bond donors (Lipinski definition) is 2. The van der Waals surface area contributed by atoms with Gasteiger partial charge in [0.2, 0.25) is 15.9 Å². The average molecular weight is 268 g/mol. The lowest BCUT2D eigenvalue weighted by molar-refractivity contribution is -0.121. The van der Waals surface area contributed by atoms with E-state index in [-0.39, 0.29) is 16.2 Å². The lowest BCUT2D eigenvalue weighted by Gasteiger charge is -2.11. The number of anilines is 1. The number of rotatable bonds is 3. The summed E-state index contributed by atoms with van der Waals surface area (Å²) in [6.45, 7) is 3.95. The smallest absolute Gasteiger partial charge is 0.238 e. The van der Waals surface area contributed by atoms with Crippen molar-refractivity contribution in [2.75, 3.05) is 5.32 Å². The summed E-state index contributed by atoms with van der Waals surface area (Å²) in [5.41, 5.74) is 0.284. The molecule has 2 unspecified atom stereocenters. The standard InChI is InChI=1S/C12H16N2O3S/c1-8-7-12(8,2)11(15)14-9-3-5-10(6-4-9)18(13,16)17/h3-6,8H,7H2,1-2H3,(H,14,15)(H2,13,16,17). The van der Waals surface area contributed by atoms with Crippen LogP contribution in [0.2, 0.25) is 0 Å². The predicted molar refractivity (Wildman–Crippen MR) is 68.3 cm³/mol. The Morgan fingerprint density at radius 1 is 1.39 bits per heavy atom. The lowest BCUT2D eigenvalue weighted by atomic mass is 10.1. The van der Waals surface area contributed by atoms with Gasteiger partial charge in [0.25, 0.3) is 0 Å². The number of amides is 1. The molecular formula is C12H16N2O3S. The van der Waals surface area contributed by atoms with Crippen molar-refractivity contribution in [1.82, 2.24) is 0 Å². The van der Waals surface area contributed by atoms with Crippen LogP contribution >= 0.6 is 0 Å². The van der Waals surface area contributed by atoms with Gasteiger partial charge >= 0.3 is 0 Å². The van der Waals surface area contributed by atoms with Crippen LogP contribution in [0.1, 0.15) is 20.3 Å². The fourth-order valence-electron chi connectivity index (χ4n) is 1.90. The highest BCUT2D eigenvalue weighted by Crippen LogP contribution is 2.52. The zero-order valence-electron chi connectivity index (χ0n) is 10.3. The predicted octanol–water partition coefficient (Wildman–Crippen LogP) is 1.32. The number of nitrogens with one attached hydrogen (secondary N) is 1. The Kier molecular flexibility index (Phi) is 2.95. The van der Waals surface area contributed by atoms with Crippen LogP contribution in [0.15, 0.2) is 29.2 Å². The van der Waals surface area contributed by atoms with Crippen molar-refractivity contribution in [1.29, 1.82) is 0 Å². The minimum absolute atomic E-state index is 0.0293. The highest BCUT2D eigenvalue weighted by Gasteiger charge is 2.52. The van der Waals surface area contributed by atoms with Gasteiger partial charge in [-0.2, -0.15) is 0 Å². The molecule has 1 saturated carbocycles. The number of hydrogen-bond acceptors (Lipinski definition) is 3. The summed E-state index contributed by atoms with van der Waals surface area (Å²) in [5, 5.41) is 7.77. The van der Waals surface area contributed by atoms with Gasteiger partial charge in [-0.1, -0.05) is 13.8 Å². The van der Waals surface area contributed by atoms with Gasteiger partial charge < -0.3 is 5.32 Å². The third kappa shape index (κ3) is 2.39. The first-order valence-corrected chi connectivity index (χ1v) is 7.22. The van der Waals surface area contributed by atoms with E-state index in [9.17, 15) is 13.2 Å². The number of carbonyl (C=O) groups excluding carboxylic acids is 1. The second-order valence-corrected chi connectivity index (χ2v) is 6.61. The summed E-state index contributed by atoms with van der Waals surface area (Å²) in [6.07, 6.45) is 0.883. The van der Waals surface area contributed by atoms with Crippen molar-refractivity contribution in [2.24, 2.45) is 16.5 Å². The molecule has 0 aromatic heterocycles. The van der Waals surface area contributed by atoms with Gasteiger partial charge in [-0.15, -0.1) is 0 Å². The molecule has 1 aromatic carbocycles. The molecule has 6 heteroatoms. The van der Waals surface area contributed by atoms with E-state index in [2.05, 4.69) is 5.32 Å². The van der Waals surface area contributed by atoms with Crippen molar-refractivity contribution in [3.05, 3.63) is 24.3 Å². The zero-order chi connectivity index (χ0) is 13.6. The maximum Gasteiger partial charge on any atom is 0.238 e. The summed E-state index contributed by atoms with van der Waals surface area (Å²) in [5.74, 6) is 0.361. The Morgan fingerprint density at radius 3 is 2.28 bits per heavy atom. The normalized spacial score (nSPS) is 26.7. The van der Waals surface area contributed by atoms with E-state index < -0.39 is 10.0 Å². The Labute approximate surface area is 106 Å². The number of nitrogens with two attached hydrogens (primary N) is 1. The Hall–Kier alpha value is -1.40. The molecule has 0 radical (unpaired) electrons. The van der Waals surface area contributed by atoms with E-state index in [1.165, 1.54) is 24.3 Å². The fraction of sp³-hybridized carbons (Fsp3) is 0.417. The third-order valence-electron chi connectivity index (χ3n) is 3.62. The quantitative estimate of drug-likeness (QED) is 0.866. The van der Waals surface area contributed by atoms with Crippen LogP contribution in [-0.4, -0.2) is 14.3 Å². The van der Waals surface area contributed by atoms with Gasteiger partial charge in [0, 0.05) is 11.1 Å². The zero-order valence-corrected chi connectivity index (χ0v) is 11.1. The van der Waals surface area contributed by atoms with Crippen LogP contribution in [0.4, 0.5) is 5.69 Å². The molecule has 1 amide bonds. The van der Waals surface area contributed by atoms with Crippen molar-refractivity contribution in [3.8, 4) is 0 Å². The number of benzene rings is 1. The highest BCUT2D eigenvalue weighted by atomic mass is 32.2. The summed E-state index contributed by atoms with van der Waals surface area (Å²) in [7, 11) is -3.69. The first kappa shape index (κ1) is 13.0. The molecule has 1 fully saturated rings. The maximum absolute atomic E-state index is 11.9. The molecule has 1 aliphatic rings. The van der Waals surface area contributed by atoms with Crippen LogP contribution in [-0.2, 0) is 14.8 Å². The largest absolute Gasteiger partial charge is 0.326 e. The van der Waals surface area contributed by atoms with Crippen molar-refractivity contribution >= 4 is 21.6 Å². The molecule has 98 valence electrons. The lowest BCUT2D eigenvalue weighted by Crippen LogP contribution is -2.23. The molecule has 1 aromatic rings. The molecule has 5 nitrogen and oxygen atoms in total. The number of carbonyl (C=O) groups is 1. The number of primary sulfonamides is 1. The molecule has 18 heavy (non-hydrogen) atoms. The van der Waals surface area contributed by atoms with Gasteiger partial charge in [-0.25, -0.2) is 13.6 Å². The first-order valence-electron chi connectivity index (χ1n) is 5.68. The molecular weight excluding hydrogens is 252 g/mol. The molecule has 0 saturated heterocycles. The van der Waals surface area contributed by atoms with Crippen LogP contribution in [0, 0.1) is 11.3 Å². The summed E-state index contributed by atoms with van der Waals surface area (Å²) in [6, 6.07) is 5.83. The summed E-state index contributed by atoms with van der Waals surface area (Å²) >= 11 is 0. The number of sulfonamides is 1. The van der Waals surface area contributed by atoms with Crippen LogP contribution < -0.4 is 10.5 Å². The van der Waals surface area contributed by atoms with E-state index >= 15 is 0 Å². The summed E-state index contributed by atoms with van der Waals surface area (Å²) < 4.78 is 22.1. The van der Waals surface area contributed by atoms with Gasteiger partial charge in [-0.05, 0) is 36.6 Å². The minimum Gasteiger partial charge on any atom is -0.326 e. The van der Waals surface area contributed by atoms with Crippen LogP contribution in [0.3, 0.4) is 0 Å². The Morgan fingerprint density at radius 2 is 1.89 bits per heavy atom. The van der Waals surface area contributed by atoms with Crippen molar-refractivity contribution < 1.29 is 13.2 Å². The Balaban J connectivity index is 2.10. The SMILES string of the molecule is CC1CC1(C)C(=O)Nc1ccc(S(N)(=O)=O)cc1. The molecule has 0 heterocycles. The van der Waals surface area contributed by atoms with E-state index in [1.807, 2.05) is 13.8 Å². The van der Waals surface area contributed by atoms with E-state index in [1.54, 1.807) is 0 Å². The Bertz CT molecular complexity index is 580. The second-order valence-electron chi connectivity index (χ2n) is 5.05. The monoisotopic (exact) mass is 268 g/mol. The van der Waals surface area contributed by atoms with E-state index in [0.29, 0.717) is 11.6 Å². The molecule has 0 spiro atoms. The van der Waals surface area contributed by atoms with Crippen LogP contribution in [0.25, 0.3) is 0 Å². The fourth-order valence-corrected chi connectivity index (χ4v) is 2.41. The highest BCUT2D eigenvalue weighted by molar-refractivity contribution is 7.89. The van der Waals surface area contributed by atoms with E-state index in [0.717, 1.165) is 6.42 Å². The van der Waals surface area contributed by atoms with Gasteiger partial charge in [-0.3, -0.25) is 4.79 Å². The topological polar surface area (TPSA) is 89.3 Å². The van der Waals surface area contributed by atoms with Gasteiger partial charge in [0.15, 0.2) is 0 Å². The molecule has 1 aliphatic carbocycles. The molecule has 0 aliphatic heterocycles. The molecule has 2 atom stereocenters. The molecule has 3 N–H and O–H groups in total. The van der Waals surface area contributed by atoms with Gasteiger partial charge in [0.1, 0.15) is 0 Å². The average Bonchev–Trinajstić information content (AvgIpc) is 2.88. The first-order chi connectivity index (χ1) is 8.23. The summed E-state index contributed by atoms with van der Waals surface area (Å²) in [4.78, 5) is 12.0.